The Bertz CT molecular complexity index is 550. The van der Waals surface area contributed by atoms with Crippen molar-refractivity contribution >= 4 is 0 Å². The minimum absolute atomic E-state index is 0.0104. The Morgan fingerprint density at radius 1 is 0.714 bits per heavy atom. The molecule has 1 heteroatoms. The van der Waals surface area contributed by atoms with Crippen LogP contribution in [0.15, 0.2) is 6.07 Å². The van der Waals surface area contributed by atoms with Gasteiger partial charge in [0.05, 0.1) is 0 Å². The molecule has 1 N–H and O–H groups in total. The van der Waals surface area contributed by atoms with Crippen LogP contribution in [0.25, 0.3) is 0 Å². The first-order valence-electron chi connectivity index (χ1n) is 12.2. The van der Waals surface area contributed by atoms with Crippen molar-refractivity contribution in [3.8, 4) is 5.75 Å². The number of aryl methyl sites for hydroxylation is 1. The van der Waals surface area contributed by atoms with Gasteiger partial charge in [0.1, 0.15) is 5.75 Å². The van der Waals surface area contributed by atoms with Crippen molar-refractivity contribution in [1.29, 1.82) is 0 Å². The summed E-state index contributed by atoms with van der Waals surface area (Å²) in [6, 6.07) is 2.31. The molecule has 162 valence electrons. The van der Waals surface area contributed by atoms with E-state index in [0.717, 1.165) is 18.4 Å². The number of unbranched alkanes of at least 4 members (excludes halogenated alkanes) is 10. The third-order valence-corrected chi connectivity index (χ3v) is 6.18. The zero-order valence-electron chi connectivity index (χ0n) is 19.9. The third kappa shape index (κ3) is 8.58. The summed E-state index contributed by atoms with van der Waals surface area (Å²) in [6.07, 6.45) is 18.0. The third-order valence-electron chi connectivity index (χ3n) is 6.18. The van der Waals surface area contributed by atoms with Crippen molar-refractivity contribution in [3.63, 3.8) is 0 Å². The fraction of sp³-hybridized carbons (Fsp3) is 0.778. The molecule has 0 saturated heterocycles. The van der Waals surface area contributed by atoms with Crippen LogP contribution >= 0.6 is 0 Å². The molecule has 0 amide bonds. The highest BCUT2D eigenvalue weighted by Crippen LogP contribution is 2.38. The molecule has 0 bridgehead atoms. The Morgan fingerprint density at radius 2 is 1.18 bits per heavy atom. The Hall–Kier alpha value is -0.980. The smallest absolute Gasteiger partial charge is 0.122 e. The van der Waals surface area contributed by atoms with Crippen molar-refractivity contribution in [3.05, 3.63) is 28.3 Å². The molecule has 0 radical (unpaired) electrons. The van der Waals surface area contributed by atoms with E-state index in [9.17, 15) is 5.11 Å². The molecule has 0 atom stereocenters. The van der Waals surface area contributed by atoms with Gasteiger partial charge in [-0.15, -0.1) is 0 Å². The topological polar surface area (TPSA) is 20.2 Å². The molecule has 0 saturated carbocycles. The summed E-state index contributed by atoms with van der Waals surface area (Å²) < 4.78 is 0. The molecule has 0 aliphatic carbocycles. The highest BCUT2D eigenvalue weighted by molar-refractivity contribution is 5.52. The maximum Gasteiger partial charge on any atom is 0.122 e. The fourth-order valence-electron chi connectivity index (χ4n) is 4.20. The zero-order valence-corrected chi connectivity index (χ0v) is 19.9. The number of hydrogen-bond acceptors (Lipinski definition) is 1. The van der Waals surface area contributed by atoms with E-state index in [1.54, 1.807) is 0 Å². The van der Waals surface area contributed by atoms with Gasteiger partial charge in [-0.2, -0.15) is 0 Å². The maximum absolute atomic E-state index is 11.0. The lowest BCUT2D eigenvalue weighted by Crippen LogP contribution is -2.14. The monoisotopic (exact) mass is 388 g/mol. The molecule has 0 unspecified atom stereocenters. The molecule has 28 heavy (non-hydrogen) atoms. The van der Waals surface area contributed by atoms with Gasteiger partial charge >= 0.3 is 0 Å². The average Bonchev–Trinajstić information content (AvgIpc) is 2.63. The van der Waals surface area contributed by atoms with Crippen molar-refractivity contribution in [1.82, 2.24) is 0 Å². The van der Waals surface area contributed by atoms with Crippen LogP contribution in [0, 0.1) is 6.92 Å². The molecule has 0 heterocycles. The summed E-state index contributed by atoms with van der Waals surface area (Å²) in [5.41, 5.74) is 5.18. The van der Waals surface area contributed by atoms with Crippen molar-refractivity contribution in [2.45, 2.75) is 137 Å². The normalized spacial score (nSPS) is 11.9. The van der Waals surface area contributed by atoms with Crippen LogP contribution in [-0.2, 0) is 18.3 Å². The van der Waals surface area contributed by atoms with E-state index in [1.165, 1.54) is 93.7 Å². The van der Waals surface area contributed by atoms with Crippen molar-refractivity contribution in [2.24, 2.45) is 0 Å². The van der Waals surface area contributed by atoms with Gasteiger partial charge in [0, 0.05) is 0 Å². The molecule has 0 aliphatic heterocycles. The van der Waals surface area contributed by atoms with Crippen LogP contribution in [0.4, 0.5) is 0 Å². The van der Waals surface area contributed by atoms with E-state index < -0.39 is 0 Å². The van der Waals surface area contributed by atoms with E-state index in [-0.39, 0.29) is 5.41 Å². The molecular formula is C27H48O. The van der Waals surface area contributed by atoms with Gasteiger partial charge in [0.25, 0.3) is 0 Å². The standard InChI is InChI=1S/C27H48O/c1-7-9-11-13-15-17-19-23-21-25(27(4,5)6)26(28)24(22(23)3)20-18-16-14-12-10-8-2/h21,28H,7-20H2,1-6H3. The van der Waals surface area contributed by atoms with Gasteiger partial charge in [-0.1, -0.05) is 105 Å². The van der Waals surface area contributed by atoms with Gasteiger partial charge in [-0.25, -0.2) is 0 Å². The fourth-order valence-corrected chi connectivity index (χ4v) is 4.20. The first-order valence-corrected chi connectivity index (χ1v) is 12.2. The number of phenolic OH excluding ortho intramolecular Hbond substituents is 1. The maximum atomic E-state index is 11.0. The lowest BCUT2D eigenvalue weighted by molar-refractivity contribution is 0.437. The second kappa shape index (κ2) is 13.3. The highest BCUT2D eigenvalue weighted by atomic mass is 16.3. The Balaban J connectivity index is 2.82. The predicted octanol–water partition coefficient (Wildman–Crippen LogP) is 8.80. The van der Waals surface area contributed by atoms with Crippen LogP contribution in [0.5, 0.6) is 5.75 Å². The van der Waals surface area contributed by atoms with E-state index in [0.29, 0.717) is 5.75 Å². The number of benzene rings is 1. The summed E-state index contributed by atoms with van der Waals surface area (Å²) in [5.74, 6) is 0.574. The summed E-state index contributed by atoms with van der Waals surface area (Å²) in [4.78, 5) is 0. The second-order valence-electron chi connectivity index (χ2n) is 9.82. The first kappa shape index (κ1) is 25.1. The summed E-state index contributed by atoms with van der Waals surface area (Å²) in [6.45, 7) is 13.5. The molecule has 1 rings (SSSR count). The quantitative estimate of drug-likeness (QED) is 0.316. The summed E-state index contributed by atoms with van der Waals surface area (Å²) >= 11 is 0. The molecule has 0 aliphatic rings. The SMILES string of the molecule is CCCCCCCCc1cc(C(C)(C)C)c(O)c(CCCCCCCC)c1C. The highest BCUT2D eigenvalue weighted by Gasteiger charge is 2.23. The lowest BCUT2D eigenvalue weighted by atomic mass is 9.81. The van der Waals surface area contributed by atoms with Gasteiger partial charge in [0.15, 0.2) is 0 Å². The zero-order chi connectivity index (χ0) is 21.0. The molecule has 0 aromatic heterocycles. The number of rotatable bonds is 14. The lowest BCUT2D eigenvalue weighted by Gasteiger charge is -2.25. The van der Waals surface area contributed by atoms with Crippen LogP contribution in [-0.4, -0.2) is 5.11 Å². The summed E-state index contributed by atoms with van der Waals surface area (Å²) in [5, 5.41) is 11.0. The molecular weight excluding hydrogens is 340 g/mol. The molecule has 0 fully saturated rings. The number of phenols is 1. The second-order valence-corrected chi connectivity index (χ2v) is 9.82. The molecule has 1 aromatic rings. The Labute approximate surface area is 176 Å². The molecule has 1 nitrogen and oxygen atoms in total. The van der Waals surface area contributed by atoms with E-state index in [4.69, 9.17) is 0 Å². The number of aromatic hydroxyl groups is 1. The minimum atomic E-state index is -0.0104. The largest absolute Gasteiger partial charge is 0.507 e. The summed E-state index contributed by atoms with van der Waals surface area (Å²) in [7, 11) is 0. The van der Waals surface area contributed by atoms with Gasteiger partial charge in [0.2, 0.25) is 0 Å². The van der Waals surface area contributed by atoms with Gasteiger partial charge in [-0.3, -0.25) is 0 Å². The average molecular weight is 389 g/mol. The van der Waals surface area contributed by atoms with Crippen LogP contribution in [0.1, 0.15) is 134 Å². The minimum Gasteiger partial charge on any atom is -0.507 e. The Kier molecular flexibility index (Phi) is 11.9. The van der Waals surface area contributed by atoms with Crippen molar-refractivity contribution < 1.29 is 5.11 Å². The van der Waals surface area contributed by atoms with Crippen LogP contribution < -0.4 is 0 Å². The van der Waals surface area contributed by atoms with Gasteiger partial charge in [-0.05, 0) is 60.3 Å². The van der Waals surface area contributed by atoms with E-state index in [2.05, 4.69) is 47.6 Å². The molecule has 1 aromatic carbocycles. The first-order chi connectivity index (χ1) is 13.3. The van der Waals surface area contributed by atoms with Crippen LogP contribution in [0.2, 0.25) is 0 Å². The van der Waals surface area contributed by atoms with E-state index in [1.807, 2.05) is 0 Å². The number of hydrogen-bond donors (Lipinski definition) is 1. The van der Waals surface area contributed by atoms with Gasteiger partial charge < -0.3 is 5.11 Å². The predicted molar refractivity (Wildman–Crippen MR) is 126 cm³/mol. The van der Waals surface area contributed by atoms with Crippen LogP contribution in [0.3, 0.4) is 0 Å². The van der Waals surface area contributed by atoms with Crippen molar-refractivity contribution in [2.75, 3.05) is 0 Å². The Morgan fingerprint density at radius 3 is 1.68 bits per heavy atom. The molecule has 0 spiro atoms. The van der Waals surface area contributed by atoms with E-state index >= 15 is 0 Å².